The summed E-state index contributed by atoms with van der Waals surface area (Å²) < 4.78 is 30.1. The average molecular weight is 470 g/mol. The summed E-state index contributed by atoms with van der Waals surface area (Å²) in [4.78, 5) is 31.0. The number of ether oxygens (including phenoxy) is 1. The van der Waals surface area contributed by atoms with Crippen LogP contribution in [0.1, 0.15) is 34.2 Å². The van der Waals surface area contributed by atoms with Gasteiger partial charge in [0.1, 0.15) is 0 Å². The van der Waals surface area contributed by atoms with Crippen LogP contribution in [0.5, 0.6) is 0 Å². The van der Waals surface area contributed by atoms with Crippen LogP contribution in [0.4, 0.5) is 5.69 Å². The summed E-state index contributed by atoms with van der Waals surface area (Å²) in [6.45, 7) is 5.16. The number of amides is 1. The maximum Gasteiger partial charge on any atom is 0.340 e. The molecule has 1 atom stereocenters. The number of hydrogen-bond donors (Lipinski definition) is 1. The van der Waals surface area contributed by atoms with Gasteiger partial charge in [0.25, 0.3) is 5.91 Å². The summed E-state index contributed by atoms with van der Waals surface area (Å²) in [6.07, 6.45) is 1.84. The van der Waals surface area contributed by atoms with Crippen molar-refractivity contribution in [1.29, 1.82) is 0 Å². The Hall–Kier alpha value is -3.57. The van der Waals surface area contributed by atoms with E-state index in [0.717, 1.165) is 11.4 Å². The highest BCUT2D eigenvalue weighted by molar-refractivity contribution is 7.89. The molecule has 0 aliphatic carbocycles. The van der Waals surface area contributed by atoms with E-state index in [9.17, 15) is 18.0 Å². The Morgan fingerprint density at radius 2 is 1.94 bits per heavy atom. The first-order chi connectivity index (χ1) is 15.5. The molecule has 0 radical (unpaired) electrons. The lowest BCUT2D eigenvalue weighted by atomic mass is 10.1. The normalized spacial score (nSPS) is 15.4. The zero-order valence-electron chi connectivity index (χ0n) is 18.3. The number of sulfonamides is 1. The van der Waals surface area contributed by atoms with Crippen molar-refractivity contribution in [1.82, 2.24) is 14.8 Å². The number of aromatic nitrogens is 3. The van der Waals surface area contributed by atoms with E-state index < -0.39 is 28.5 Å². The van der Waals surface area contributed by atoms with Crippen molar-refractivity contribution < 1.29 is 22.7 Å². The fourth-order valence-electron chi connectivity index (χ4n) is 3.94. The highest BCUT2D eigenvalue weighted by Gasteiger charge is 2.32. The molecule has 2 N–H and O–H groups in total. The summed E-state index contributed by atoms with van der Waals surface area (Å²) in [6, 6.07) is 9.28. The molecule has 4 rings (SSSR count). The van der Waals surface area contributed by atoms with Gasteiger partial charge in [-0.2, -0.15) is 5.10 Å². The van der Waals surface area contributed by atoms with Crippen molar-refractivity contribution in [2.24, 2.45) is 5.14 Å². The molecule has 33 heavy (non-hydrogen) atoms. The molecule has 1 aromatic carbocycles. The predicted molar refractivity (Wildman–Crippen MR) is 120 cm³/mol. The molecule has 2 aromatic heterocycles. The van der Waals surface area contributed by atoms with Crippen LogP contribution in [0.2, 0.25) is 0 Å². The zero-order chi connectivity index (χ0) is 23.9. The van der Waals surface area contributed by atoms with Gasteiger partial charge < -0.3 is 9.64 Å². The van der Waals surface area contributed by atoms with Gasteiger partial charge in [-0.25, -0.2) is 28.0 Å². The van der Waals surface area contributed by atoms with Crippen molar-refractivity contribution in [3.05, 3.63) is 65.1 Å². The van der Waals surface area contributed by atoms with Gasteiger partial charge in [-0.1, -0.05) is 0 Å². The van der Waals surface area contributed by atoms with Gasteiger partial charge in [-0.3, -0.25) is 4.79 Å². The largest absolute Gasteiger partial charge is 0.452 e. The van der Waals surface area contributed by atoms with Gasteiger partial charge in [-0.05, 0) is 69.2 Å². The van der Waals surface area contributed by atoms with Crippen molar-refractivity contribution in [2.75, 3.05) is 11.5 Å². The summed E-state index contributed by atoms with van der Waals surface area (Å²) in [5, 5.41) is 9.54. The fourth-order valence-corrected chi connectivity index (χ4v) is 4.50. The number of hydrogen-bond acceptors (Lipinski definition) is 7. The average Bonchev–Trinajstić information content (AvgIpc) is 3.27. The smallest absolute Gasteiger partial charge is 0.340 e. The Labute approximate surface area is 191 Å². The second-order valence-electron chi connectivity index (χ2n) is 7.97. The Balaban J connectivity index is 1.43. The number of primary sulfonamides is 1. The second kappa shape index (κ2) is 8.41. The SMILES string of the molecule is Cc1cc(C)n(-c2ccc(C(=O)OCC(=O)N3c4ccc(S(N)(=O)=O)cc4CC3C)cn2)n1. The number of carbonyl (C=O) groups is 2. The van der Waals surface area contributed by atoms with E-state index in [1.807, 2.05) is 26.8 Å². The molecule has 10 nitrogen and oxygen atoms in total. The molecule has 0 bridgehead atoms. The van der Waals surface area contributed by atoms with Crippen LogP contribution in [0.3, 0.4) is 0 Å². The molecule has 0 saturated carbocycles. The molecule has 3 aromatic rings. The molecule has 11 heteroatoms. The van der Waals surface area contributed by atoms with Gasteiger partial charge in [0.15, 0.2) is 12.4 Å². The van der Waals surface area contributed by atoms with Crippen LogP contribution in [0.25, 0.3) is 5.82 Å². The third kappa shape index (κ3) is 4.50. The number of carbonyl (C=O) groups excluding carboxylic acids is 2. The number of benzene rings is 1. The zero-order valence-corrected chi connectivity index (χ0v) is 19.2. The summed E-state index contributed by atoms with van der Waals surface area (Å²) >= 11 is 0. The van der Waals surface area contributed by atoms with Crippen molar-refractivity contribution >= 4 is 27.6 Å². The summed E-state index contributed by atoms with van der Waals surface area (Å²) in [5.41, 5.74) is 3.25. The van der Waals surface area contributed by atoms with Gasteiger partial charge in [-0.15, -0.1) is 0 Å². The van der Waals surface area contributed by atoms with Crippen LogP contribution < -0.4 is 10.0 Å². The van der Waals surface area contributed by atoms with E-state index in [0.29, 0.717) is 23.5 Å². The van der Waals surface area contributed by atoms with Crippen LogP contribution in [0.15, 0.2) is 47.5 Å². The Kier molecular flexibility index (Phi) is 5.76. The minimum Gasteiger partial charge on any atom is -0.452 e. The highest BCUT2D eigenvalue weighted by Crippen LogP contribution is 2.33. The van der Waals surface area contributed by atoms with E-state index in [-0.39, 0.29) is 16.5 Å². The summed E-state index contributed by atoms with van der Waals surface area (Å²) in [5.74, 6) is -0.521. The lowest BCUT2D eigenvalue weighted by Crippen LogP contribution is -2.38. The molecule has 1 unspecified atom stereocenters. The van der Waals surface area contributed by atoms with Crippen molar-refractivity contribution in [3.63, 3.8) is 0 Å². The molecule has 1 aliphatic heterocycles. The maximum atomic E-state index is 12.8. The Morgan fingerprint density at radius 1 is 1.18 bits per heavy atom. The molecule has 1 aliphatic rings. The van der Waals surface area contributed by atoms with Crippen LogP contribution >= 0.6 is 0 Å². The number of nitrogens with two attached hydrogens (primary N) is 1. The highest BCUT2D eigenvalue weighted by atomic mass is 32.2. The monoisotopic (exact) mass is 469 g/mol. The molecule has 0 fully saturated rings. The molecular weight excluding hydrogens is 446 g/mol. The summed E-state index contributed by atoms with van der Waals surface area (Å²) in [7, 11) is -3.84. The van der Waals surface area contributed by atoms with E-state index in [2.05, 4.69) is 10.1 Å². The minimum atomic E-state index is -3.84. The first-order valence-corrected chi connectivity index (χ1v) is 11.7. The molecular formula is C22H23N5O5S. The van der Waals surface area contributed by atoms with E-state index >= 15 is 0 Å². The van der Waals surface area contributed by atoms with E-state index in [1.165, 1.54) is 23.2 Å². The van der Waals surface area contributed by atoms with Crippen LogP contribution in [0, 0.1) is 13.8 Å². The molecule has 1 amide bonds. The standard InChI is InChI=1S/C22H23N5O5S/c1-13-8-15(3)27(25-13)20-7-4-16(11-24-20)22(29)32-12-21(28)26-14(2)9-17-10-18(33(23,30)31)5-6-19(17)26/h4-8,10-11,14H,9,12H2,1-3H3,(H2,23,30,31). The van der Waals surface area contributed by atoms with Gasteiger partial charge in [0, 0.05) is 23.6 Å². The first-order valence-electron chi connectivity index (χ1n) is 10.2. The lowest BCUT2D eigenvalue weighted by Gasteiger charge is -2.22. The Bertz CT molecular complexity index is 1350. The third-order valence-electron chi connectivity index (χ3n) is 5.40. The molecule has 172 valence electrons. The Morgan fingerprint density at radius 3 is 2.55 bits per heavy atom. The molecule has 0 saturated heterocycles. The number of pyridine rings is 1. The van der Waals surface area contributed by atoms with E-state index in [1.54, 1.807) is 22.9 Å². The van der Waals surface area contributed by atoms with Crippen molar-refractivity contribution in [2.45, 2.75) is 38.1 Å². The predicted octanol–water partition coefficient (Wildman–Crippen LogP) is 1.67. The molecule has 0 spiro atoms. The number of aryl methyl sites for hydroxylation is 2. The number of rotatable bonds is 5. The lowest BCUT2D eigenvalue weighted by molar-refractivity contribution is -0.122. The third-order valence-corrected chi connectivity index (χ3v) is 6.31. The minimum absolute atomic E-state index is 0.00871. The van der Waals surface area contributed by atoms with Crippen molar-refractivity contribution in [3.8, 4) is 5.82 Å². The van der Waals surface area contributed by atoms with Gasteiger partial charge in [0.05, 0.1) is 16.2 Å². The fraction of sp³-hybridized carbons (Fsp3) is 0.273. The van der Waals surface area contributed by atoms with Crippen LogP contribution in [-0.4, -0.2) is 47.7 Å². The van der Waals surface area contributed by atoms with Crippen LogP contribution in [-0.2, 0) is 26.0 Å². The topological polar surface area (TPSA) is 137 Å². The first kappa shape index (κ1) is 22.6. The quantitative estimate of drug-likeness (QED) is 0.561. The van der Waals surface area contributed by atoms with Gasteiger partial charge in [0.2, 0.25) is 10.0 Å². The number of fused-ring (bicyclic) bond motifs is 1. The maximum absolute atomic E-state index is 12.8. The number of nitrogens with zero attached hydrogens (tertiary/aromatic N) is 4. The number of esters is 1. The number of anilines is 1. The second-order valence-corrected chi connectivity index (χ2v) is 9.53. The van der Waals surface area contributed by atoms with E-state index in [4.69, 9.17) is 9.88 Å². The molecule has 3 heterocycles. The van der Waals surface area contributed by atoms with Gasteiger partial charge >= 0.3 is 5.97 Å².